The van der Waals surface area contributed by atoms with Crippen molar-refractivity contribution >= 4 is 29.3 Å². The minimum atomic E-state index is -0.665. The third-order valence-electron chi connectivity index (χ3n) is 5.35. The highest BCUT2D eigenvalue weighted by Crippen LogP contribution is 2.40. The van der Waals surface area contributed by atoms with Crippen LogP contribution in [-0.4, -0.2) is 53.4 Å². The number of hydrogen-bond acceptors (Lipinski definition) is 6. The Hall–Kier alpha value is -2.29. The maximum atomic E-state index is 13.0. The Bertz CT molecular complexity index is 855. The van der Waals surface area contributed by atoms with Gasteiger partial charge >= 0.3 is 0 Å². The summed E-state index contributed by atoms with van der Waals surface area (Å²) in [5.74, 6) is -0.324. The number of nitrogens with one attached hydrogen (secondary N) is 3. The summed E-state index contributed by atoms with van der Waals surface area (Å²) in [7, 11) is 0. The first-order valence-electron chi connectivity index (χ1n) is 10.8. The number of anilines is 1. The van der Waals surface area contributed by atoms with Gasteiger partial charge in [-0.3, -0.25) is 9.59 Å². The zero-order valence-electron chi connectivity index (χ0n) is 18.0. The van der Waals surface area contributed by atoms with E-state index in [9.17, 15) is 9.59 Å². The number of thioether (sulfide) groups is 1. The molecular formula is C23H32N4O3S. The molecule has 1 aliphatic heterocycles. The number of aliphatic hydroxyl groups excluding tert-OH is 1. The largest absolute Gasteiger partial charge is 0.396 e. The quantitative estimate of drug-likeness (QED) is 0.397. The van der Waals surface area contributed by atoms with E-state index in [0.29, 0.717) is 18.4 Å². The Kier molecular flexibility index (Phi) is 8.17. The second-order valence-corrected chi connectivity index (χ2v) is 9.56. The van der Waals surface area contributed by atoms with E-state index in [2.05, 4.69) is 22.0 Å². The molecular weight excluding hydrogens is 412 g/mol. The molecule has 7 nitrogen and oxygen atoms in total. The average Bonchev–Trinajstić information content (AvgIpc) is 2.76. The van der Waals surface area contributed by atoms with Crippen LogP contribution in [0.5, 0.6) is 0 Å². The van der Waals surface area contributed by atoms with E-state index in [-0.39, 0.29) is 48.2 Å². The van der Waals surface area contributed by atoms with Crippen molar-refractivity contribution in [3.05, 3.63) is 48.1 Å². The Morgan fingerprint density at radius 3 is 2.74 bits per heavy atom. The van der Waals surface area contributed by atoms with Crippen LogP contribution in [0.4, 0.5) is 5.69 Å². The fraction of sp³-hybridized carbons (Fsp3) is 0.478. The van der Waals surface area contributed by atoms with Crippen molar-refractivity contribution in [3.8, 4) is 0 Å². The summed E-state index contributed by atoms with van der Waals surface area (Å²) < 4.78 is 0. The van der Waals surface area contributed by atoms with Crippen molar-refractivity contribution in [2.45, 2.75) is 55.0 Å². The van der Waals surface area contributed by atoms with Gasteiger partial charge in [0.05, 0.1) is 11.3 Å². The first-order chi connectivity index (χ1) is 14.9. The maximum absolute atomic E-state index is 13.0. The van der Waals surface area contributed by atoms with Gasteiger partial charge in [-0.1, -0.05) is 38.1 Å². The van der Waals surface area contributed by atoms with E-state index < -0.39 is 6.04 Å². The second kappa shape index (κ2) is 10.8. The number of carbonyl (C=O) groups excluding carboxylic acids is 2. The summed E-state index contributed by atoms with van der Waals surface area (Å²) in [5.41, 5.74) is 7.29. The van der Waals surface area contributed by atoms with Crippen LogP contribution in [-0.2, 0) is 9.59 Å². The van der Waals surface area contributed by atoms with Crippen LogP contribution in [0.2, 0.25) is 0 Å². The number of rotatable bonds is 9. The van der Waals surface area contributed by atoms with Gasteiger partial charge in [-0.25, -0.2) is 0 Å². The molecule has 1 heterocycles. The van der Waals surface area contributed by atoms with E-state index in [1.54, 1.807) is 11.8 Å². The van der Waals surface area contributed by atoms with E-state index in [4.69, 9.17) is 10.8 Å². The van der Waals surface area contributed by atoms with E-state index in [1.165, 1.54) is 4.90 Å². The van der Waals surface area contributed by atoms with Crippen LogP contribution < -0.4 is 21.7 Å². The lowest BCUT2D eigenvalue weighted by molar-refractivity contribution is -0.128. The lowest BCUT2D eigenvalue weighted by atomic mass is 9.99. The predicted octanol–water partition coefficient (Wildman–Crippen LogP) is 1.79. The molecule has 1 aromatic carbocycles. The summed E-state index contributed by atoms with van der Waals surface area (Å²) in [4.78, 5) is 27.0. The highest BCUT2D eigenvalue weighted by molar-refractivity contribution is 8.00. The number of hydrogen-bond donors (Lipinski definition) is 5. The molecule has 0 saturated carbocycles. The summed E-state index contributed by atoms with van der Waals surface area (Å²) in [6.45, 7) is 4.19. The molecule has 168 valence electrons. The molecule has 3 rings (SSSR count). The molecule has 0 bridgehead atoms. The number of benzene rings is 1. The van der Waals surface area contributed by atoms with Gasteiger partial charge in [-0.15, -0.1) is 11.8 Å². The fourth-order valence-corrected chi connectivity index (χ4v) is 4.87. The highest BCUT2D eigenvalue weighted by Gasteiger charge is 2.30. The molecule has 3 unspecified atom stereocenters. The number of amides is 2. The van der Waals surface area contributed by atoms with Crippen LogP contribution >= 0.6 is 11.8 Å². The zero-order chi connectivity index (χ0) is 22.4. The van der Waals surface area contributed by atoms with Crippen molar-refractivity contribution in [1.29, 1.82) is 0 Å². The number of carbonyl (C=O) groups is 2. The SMILES string of the molecule is CC(C)C[C@H](NC(=O)C1=CC2Nc3ccccc3SC2C=C1)C(=O)NC(CN)CCO. The van der Waals surface area contributed by atoms with Crippen LogP contribution in [0.3, 0.4) is 0 Å². The standard InChI is InChI=1S/C23H32N4O3S/c1-14(2)11-19(23(30)25-16(13-24)9-10-28)27-22(29)15-7-8-21-18(12-15)26-17-5-3-4-6-20(17)31-21/h3-8,12,14,16,18-19,21,26,28H,9-11,13,24H2,1-2H3,(H,25,30)(H,27,29)/t16?,18?,19-,21?/m0/s1. The van der Waals surface area contributed by atoms with Crippen LogP contribution in [0.25, 0.3) is 0 Å². The average molecular weight is 445 g/mol. The maximum Gasteiger partial charge on any atom is 0.251 e. The smallest absolute Gasteiger partial charge is 0.251 e. The summed E-state index contributed by atoms with van der Waals surface area (Å²) >= 11 is 1.77. The molecule has 2 aliphatic rings. The molecule has 2 amide bonds. The van der Waals surface area contributed by atoms with E-state index in [1.807, 2.05) is 50.3 Å². The van der Waals surface area contributed by atoms with Crippen molar-refractivity contribution in [1.82, 2.24) is 10.6 Å². The first kappa shape index (κ1) is 23.4. The van der Waals surface area contributed by atoms with Crippen LogP contribution in [0.1, 0.15) is 26.7 Å². The molecule has 31 heavy (non-hydrogen) atoms. The molecule has 8 heteroatoms. The van der Waals surface area contributed by atoms with Gasteiger partial charge in [-0.2, -0.15) is 0 Å². The zero-order valence-corrected chi connectivity index (χ0v) is 18.8. The number of para-hydroxylation sites is 1. The predicted molar refractivity (Wildman–Crippen MR) is 125 cm³/mol. The minimum absolute atomic E-state index is 0.00852. The lowest BCUT2D eigenvalue weighted by Crippen LogP contribution is -2.52. The molecule has 0 fully saturated rings. The van der Waals surface area contributed by atoms with Gasteiger partial charge in [0.25, 0.3) is 5.91 Å². The van der Waals surface area contributed by atoms with E-state index >= 15 is 0 Å². The molecule has 0 aromatic heterocycles. The Labute approximate surface area is 187 Å². The molecule has 4 atom stereocenters. The molecule has 1 aliphatic carbocycles. The molecule has 1 aromatic rings. The van der Waals surface area contributed by atoms with Crippen molar-refractivity contribution < 1.29 is 14.7 Å². The number of aliphatic hydroxyl groups is 1. The molecule has 0 saturated heterocycles. The fourth-order valence-electron chi connectivity index (χ4n) is 3.72. The van der Waals surface area contributed by atoms with Crippen LogP contribution in [0.15, 0.2) is 53.0 Å². The molecule has 0 spiro atoms. The van der Waals surface area contributed by atoms with Crippen molar-refractivity contribution in [2.75, 3.05) is 18.5 Å². The number of nitrogens with two attached hydrogens (primary N) is 1. The molecule has 0 radical (unpaired) electrons. The minimum Gasteiger partial charge on any atom is -0.396 e. The van der Waals surface area contributed by atoms with Gasteiger partial charge < -0.3 is 26.8 Å². The Balaban J connectivity index is 1.68. The topological polar surface area (TPSA) is 116 Å². The van der Waals surface area contributed by atoms with Gasteiger partial charge in [-0.05, 0) is 37.0 Å². The monoisotopic (exact) mass is 444 g/mol. The Morgan fingerprint density at radius 1 is 1.26 bits per heavy atom. The third-order valence-corrected chi connectivity index (χ3v) is 6.68. The lowest BCUT2D eigenvalue weighted by Gasteiger charge is -2.33. The first-order valence-corrected chi connectivity index (χ1v) is 11.6. The highest BCUT2D eigenvalue weighted by atomic mass is 32.2. The van der Waals surface area contributed by atoms with Gasteiger partial charge in [0.2, 0.25) is 5.91 Å². The summed E-state index contributed by atoms with van der Waals surface area (Å²) in [5, 5.41) is 18.6. The summed E-state index contributed by atoms with van der Waals surface area (Å²) in [6.07, 6.45) is 6.70. The van der Waals surface area contributed by atoms with Crippen LogP contribution in [0, 0.1) is 5.92 Å². The third kappa shape index (κ3) is 6.12. The van der Waals surface area contributed by atoms with Gasteiger partial charge in [0, 0.05) is 35.3 Å². The van der Waals surface area contributed by atoms with E-state index in [0.717, 1.165) is 5.69 Å². The molecule has 6 N–H and O–H groups in total. The Morgan fingerprint density at radius 2 is 2.03 bits per heavy atom. The van der Waals surface area contributed by atoms with Crippen molar-refractivity contribution in [2.24, 2.45) is 11.7 Å². The summed E-state index contributed by atoms with van der Waals surface area (Å²) in [6, 6.07) is 7.16. The van der Waals surface area contributed by atoms with Gasteiger partial charge in [0.15, 0.2) is 0 Å². The van der Waals surface area contributed by atoms with Gasteiger partial charge in [0.1, 0.15) is 6.04 Å². The second-order valence-electron chi connectivity index (χ2n) is 8.34. The number of fused-ring (bicyclic) bond motifs is 2. The van der Waals surface area contributed by atoms with Crippen molar-refractivity contribution in [3.63, 3.8) is 0 Å². The normalized spacial score (nSPS) is 21.3.